The van der Waals surface area contributed by atoms with Crippen LogP contribution in [0.3, 0.4) is 0 Å². The highest BCUT2D eigenvalue weighted by Crippen LogP contribution is 2.13. The molecule has 0 spiro atoms. The lowest BCUT2D eigenvalue weighted by molar-refractivity contribution is 0.616. The lowest BCUT2D eigenvalue weighted by atomic mass is 10.1. The molecule has 0 radical (unpaired) electrons. The van der Waals surface area contributed by atoms with Gasteiger partial charge in [0.25, 0.3) is 0 Å². The summed E-state index contributed by atoms with van der Waals surface area (Å²) >= 11 is 8.02. The minimum Gasteiger partial charge on any atom is -0.207 e. The highest BCUT2D eigenvalue weighted by atomic mass is 32.1. The molecule has 1 aromatic rings. The number of benzene rings is 1. The molecule has 0 aliphatic heterocycles. The molecular weight excluding hydrogens is 179 g/mol. The summed E-state index contributed by atoms with van der Waals surface area (Å²) in [5, 5.41) is 0. The molecule has 1 rings (SSSR count). The summed E-state index contributed by atoms with van der Waals surface area (Å²) in [5.74, 6) is 0.828. The predicted octanol–water partition coefficient (Wildman–Crippen LogP) is 2.69. The largest absolute Gasteiger partial charge is 0.207 e. The van der Waals surface area contributed by atoms with Gasteiger partial charge in [0.05, 0.1) is 0 Å². The van der Waals surface area contributed by atoms with Crippen LogP contribution in [0.25, 0.3) is 0 Å². The van der Waals surface area contributed by atoms with Crippen molar-refractivity contribution in [2.24, 2.45) is 0 Å². The fourth-order valence-electron chi connectivity index (χ4n) is 0.817. The Kier molecular flexibility index (Phi) is 3.27. The second-order valence-corrected chi connectivity index (χ2v) is 2.87. The van der Waals surface area contributed by atoms with Crippen LogP contribution in [0, 0.1) is 5.82 Å². The van der Waals surface area contributed by atoms with Crippen LogP contribution < -0.4 is 0 Å². The molecule has 0 fully saturated rings. The van der Waals surface area contributed by atoms with Gasteiger partial charge in [-0.3, -0.25) is 0 Å². The zero-order chi connectivity index (χ0) is 8.27. The number of halogens is 1. The Morgan fingerprint density at radius 1 is 1.18 bits per heavy atom. The van der Waals surface area contributed by atoms with Crippen LogP contribution in [0.5, 0.6) is 0 Å². The molecule has 0 unspecified atom stereocenters. The van der Waals surface area contributed by atoms with Crippen molar-refractivity contribution in [2.45, 2.75) is 11.5 Å². The first-order valence-electron chi connectivity index (χ1n) is 3.27. The lowest BCUT2D eigenvalue weighted by Gasteiger charge is -2.00. The Morgan fingerprint density at radius 2 is 1.91 bits per heavy atom. The molecule has 0 aliphatic rings. The molecule has 1 aromatic carbocycles. The van der Waals surface area contributed by atoms with Crippen LogP contribution in [-0.4, -0.2) is 0 Å². The van der Waals surface area contributed by atoms with Crippen molar-refractivity contribution in [1.29, 1.82) is 0 Å². The Balaban J connectivity index is 2.99. The molecular formula is C8H9FS2. The number of thiol groups is 2. The van der Waals surface area contributed by atoms with Crippen molar-refractivity contribution in [3.05, 3.63) is 35.1 Å². The Hall–Kier alpha value is -0.150. The van der Waals surface area contributed by atoms with Crippen molar-refractivity contribution in [3.63, 3.8) is 0 Å². The van der Waals surface area contributed by atoms with E-state index in [9.17, 15) is 4.39 Å². The third kappa shape index (κ3) is 2.14. The summed E-state index contributed by atoms with van der Waals surface area (Å²) in [6, 6.07) is 5.11. The van der Waals surface area contributed by atoms with Crippen LogP contribution in [0.1, 0.15) is 11.1 Å². The molecule has 0 aromatic heterocycles. The Bertz CT molecular complexity index is 248. The minimum atomic E-state index is -0.188. The van der Waals surface area contributed by atoms with Gasteiger partial charge in [0.1, 0.15) is 5.82 Å². The van der Waals surface area contributed by atoms with Gasteiger partial charge in [-0.1, -0.05) is 12.1 Å². The van der Waals surface area contributed by atoms with Crippen LogP contribution >= 0.6 is 25.3 Å². The van der Waals surface area contributed by atoms with Crippen LogP contribution in [0.15, 0.2) is 18.2 Å². The van der Waals surface area contributed by atoms with E-state index >= 15 is 0 Å². The summed E-state index contributed by atoms with van der Waals surface area (Å²) in [6.45, 7) is 0. The fourth-order valence-corrected chi connectivity index (χ4v) is 1.27. The van der Waals surface area contributed by atoms with Gasteiger partial charge >= 0.3 is 0 Å². The standard InChI is InChI=1S/C8H9FS2/c9-8-3-6(4-10)1-2-7(8)5-11/h1-3,10-11H,4-5H2. The summed E-state index contributed by atoms with van der Waals surface area (Å²) in [7, 11) is 0. The number of hydrogen-bond acceptors (Lipinski definition) is 2. The molecule has 11 heavy (non-hydrogen) atoms. The molecule has 0 atom stereocenters. The van der Waals surface area contributed by atoms with Gasteiger partial charge in [-0.2, -0.15) is 25.3 Å². The van der Waals surface area contributed by atoms with Gasteiger partial charge in [0.2, 0.25) is 0 Å². The SMILES string of the molecule is Fc1cc(CS)ccc1CS. The normalized spacial score (nSPS) is 10.1. The molecule has 60 valence electrons. The van der Waals surface area contributed by atoms with Gasteiger partial charge < -0.3 is 0 Å². The van der Waals surface area contributed by atoms with Gasteiger partial charge in [-0.25, -0.2) is 4.39 Å². The topological polar surface area (TPSA) is 0 Å². The third-order valence-corrected chi connectivity index (χ3v) is 2.18. The van der Waals surface area contributed by atoms with Crippen LogP contribution in [0.2, 0.25) is 0 Å². The summed E-state index contributed by atoms with van der Waals surface area (Å²) in [4.78, 5) is 0. The molecule has 0 amide bonds. The first-order chi connectivity index (χ1) is 5.27. The number of hydrogen-bond donors (Lipinski definition) is 2. The summed E-state index contributed by atoms with van der Waals surface area (Å²) < 4.78 is 13.0. The highest BCUT2D eigenvalue weighted by molar-refractivity contribution is 7.79. The van der Waals surface area contributed by atoms with Crippen LogP contribution in [0.4, 0.5) is 4.39 Å². The lowest BCUT2D eigenvalue weighted by Crippen LogP contribution is -1.87. The maximum atomic E-state index is 13.0. The molecule has 0 aliphatic carbocycles. The molecule has 3 heteroatoms. The third-order valence-electron chi connectivity index (χ3n) is 1.47. The zero-order valence-electron chi connectivity index (χ0n) is 5.92. The quantitative estimate of drug-likeness (QED) is 0.655. The molecule has 0 saturated carbocycles. The average Bonchev–Trinajstić information content (AvgIpc) is 2.04. The second-order valence-electron chi connectivity index (χ2n) is 2.24. The monoisotopic (exact) mass is 188 g/mol. The highest BCUT2D eigenvalue weighted by Gasteiger charge is 1.99. The van der Waals surface area contributed by atoms with Gasteiger partial charge in [0, 0.05) is 11.5 Å². The fraction of sp³-hybridized carbons (Fsp3) is 0.250. The molecule has 0 bridgehead atoms. The Labute approximate surface area is 76.6 Å². The zero-order valence-corrected chi connectivity index (χ0v) is 7.71. The van der Waals surface area contributed by atoms with Crippen LogP contribution in [-0.2, 0) is 11.5 Å². The van der Waals surface area contributed by atoms with E-state index in [-0.39, 0.29) is 5.82 Å². The summed E-state index contributed by atoms with van der Waals surface area (Å²) in [6.07, 6.45) is 0. The molecule has 0 heterocycles. The predicted molar refractivity (Wildman–Crippen MR) is 51.8 cm³/mol. The average molecular weight is 188 g/mol. The number of rotatable bonds is 2. The molecule has 0 nitrogen and oxygen atoms in total. The van der Waals surface area contributed by atoms with Crippen molar-refractivity contribution < 1.29 is 4.39 Å². The minimum absolute atomic E-state index is 0.188. The van der Waals surface area contributed by atoms with Crippen molar-refractivity contribution in [3.8, 4) is 0 Å². The van der Waals surface area contributed by atoms with E-state index in [1.807, 2.05) is 6.07 Å². The van der Waals surface area contributed by atoms with E-state index in [2.05, 4.69) is 25.3 Å². The molecule has 0 saturated heterocycles. The van der Waals surface area contributed by atoms with Gasteiger partial charge in [-0.15, -0.1) is 0 Å². The van der Waals surface area contributed by atoms with E-state index in [0.717, 1.165) is 5.56 Å². The Morgan fingerprint density at radius 3 is 2.36 bits per heavy atom. The van der Waals surface area contributed by atoms with E-state index in [1.54, 1.807) is 6.07 Å². The smallest absolute Gasteiger partial charge is 0.127 e. The molecule has 0 N–H and O–H groups in total. The second kappa shape index (κ2) is 4.02. The van der Waals surface area contributed by atoms with Gasteiger partial charge in [-0.05, 0) is 17.2 Å². The van der Waals surface area contributed by atoms with E-state index in [1.165, 1.54) is 6.07 Å². The van der Waals surface area contributed by atoms with Crippen molar-refractivity contribution in [1.82, 2.24) is 0 Å². The van der Waals surface area contributed by atoms with E-state index in [0.29, 0.717) is 17.1 Å². The van der Waals surface area contributed by atoms with E-state index in [4.69, 9.17) is 0 Å². The maximum Gasteiger partial charge on any atom is 0.127 e. The maximum absolute atomic E-state index is 13.0. The van der Waals surface area contributed by atoms with E-state index < -0.39 is 0 Å². The first-order valence-corrected chi connectivity index (χ1v) is 4.53. The van der Waals surface area contributed by atoms with Crippen molar-refractivity contribution >= 4 is 25.3 Å². The first kappa shape index (κ1) is 8.94. The van der Waals surface area contributed by atoms with Gasteiger partial charge in [0.15, 0.2) is 0 Å². The van der Waals surface area contributed by atoms with Crippen molar-refractivity contribution in [2.75, 3.05) is 0 Å². The summed E-state index contributed by atoms with van der Waals surface area (Å²) in [5.41, 5.74) is 1.54.